The molecule has 0 fully saturated rings. The summed E-state index contributed by atoms with van der Waals surface area (Å²) >= 11 is 0. The number of rotatable bonds is 14. The van der Waals surface area contributed by atoms with E-state index in [1.54, 1.807) is 0 Å². The maximum Gasteiger partial charge on any atom is 0.306 e. The van der Waals surface area contributed by atoms with Gasteiger partial charge in [0.2, 0.25) is 0 Å². The molecule has 0 N–H and O–H groups in total. The Kier molecular flexibility index (Phi) is 12.2. The molecule has 0 aliphatic rings. The van der Waals surface area contributed by atoms with Crippen LogP contribution in [-0.4, -0.2) is 12.1 Å². The third-order valence-electron chi connectivity index (χ3n) is 4.50. The van der Waals surface area contributed by atoms with Crippen molar-refractivity contribution < 1.29 is 9.53 Å². The third kappa shape index (κ3) is 10.5. The monoisotopic (exact) mass is 332 g/mol. The molecular weight excluding hydrogens is 296 g/mol. The Bertz CT molecular complexity index is 413. The van der Waals surface area contributed by atoms with E-state index in [-0.39, 0.29) is 12.1 Å². The van der Waals surface area contributed by atoms with Gasteiger partial charge in [0.15, 0.2) is 0 Å². The summed E-state index contributed by atoms with van der Waals surface area (Å²) in [6.45, 7) is 4.41. The van der Waals surface area contributed by atoms with Gasteiger partial charge in [-0.3, -0.25) is 4.79 Å². The minimum absolute atomic E-state index is 0.0414. The van der Waals surface area contributed by atoms with E-state index in [0.717, 1.165) is 25.7 Å². The fourth-order valence-electron chi connectivity index (χ4n) is 3.05. The van der Waals surface area contributed by atoms with Gasteiger partial charge in [-0.25, -0.2) is 0 Å². The Hall–Kier alpha value is -1.31. The molecule has 0 bridgehead atoms. The number of carbonyl (C=O) groups is 1. The molecule has 1 atom stereocenters. The van der Waals surface area contributed by atoms with Gasteiger partial charge in [0.25, 0.3) is 0 Å². The number of benzene rings is 1. The summed E-state index contributed by atoms with van der Waals surface area (Å²) in [5.41, 5.74) is 1.20. The second-order valence-corrected chi connectivity index (χ2v) is 6.80. The van der Waals surface area contributed by atoms with Gasteiger partial charge >= 0.3 is 5.97 Å². The van der Waals surface area contributed by atoms with E-state index in [1.165, 1.54) is 50.5 Å². The molecule has 0 heterocycles. The Morgan fingerprint density at radius 1 is 0.875 bits per heavy atom. The molecular formula is C22H36O2. The van der Waals surface area contributed by atoms with Crippen LogP contribution in [-0.2, 0) is 16.0 Å². The molecule has 1 aromatic carbocycles. The molecule has 1 rings (SSSR count). The number of unbranched alkanes of at least 4 members (excludes halogenated alkanes) is 6. The van der Waals surface area contributed by atoms with E-state index in [0.29, 0.717) is 6.42 Å². The van der Waals surface area contributed by atoms with Gasteiger partial charge in [-0.1, -0.05) is 89.1 Å². The third-order valence-corrected chi connectivity index (χ3v) is 4.50. The Labute approximate surface area is 149 Å². The highest BCUT2D eigenvalue weighted by molar-refractivity contribution is 5.69. The van der Waals surface area contributed by atoms with Crippen molar-refractivity contribution in [2.75, 3.05) is 0 Å². The van der Waals surface area contributed by atoms with E-state index in [1.807, 2.05) is 18.2 Å². The lowest BCUT2D eigenvalue weighted by atomic mass is 10.0. The molecule has 24 heavy (non-hydrogen) atoms. The highest BCUT2D eigenvalue weighted by Crippen LogP contribution is 2.15. The number of ether oxygens (including phenoxy) is 1. The van der Waals surface area contributed by atoms with E-state index < -0.39 is 0 Å². The first-order chi connectivity index (χ1) is 11.8. The van der Waals surface area contributed by atoms with Gasteiger partial charge in [-0.15, -0.1) is 0 Å². The average molecular weight is 333 g/mol. The molecule has 0 saturated heterocycles. The predicted molar refractivity (Wildman–Crippen MR) is 102 cm³/mol. The zero-order chi connectivity index (χ0) is 17.5. The molecule has 0 aromatic heterocycles. The number of aryl methyl sites for hydroxylation is 1. The molecule has 0 radical (unpaired) electrons. The molecule has 2 nitrogen and oxygen atoms in total. The van der Waals surface area contributed by atoms with Crippen LogP contribution in [0, 0.1) is 0 Å². The highest BCUT2D eigenvalue weighted by Gasteiger charge is 2.13. The number of carbonyl (C=O) groups excluding carboxylic acids is 1. The van der Waals surface area contributed by atoms with Gasteiger partial charge in [0, 0.05) is 6.42 Å². The van der Waals surface area contributed by atoms with Crippen LogP contribution in [0.4, 0.5) is 0 Å². The fraction of sp³-hybridized carbons (Fsp3) is 0.682. The minimum Gasteiger partial charge on any atom is -0.462 e. The largest absolute Gasteiger partial charge is 0.462 e. The normalized spacial score (nSPS) is 12.1. The zero-order valence-corrected chi connectivity index (χ0v) is 15.8. The van der Waals surface area contributed by atoms with Crippen LogP contribution in [0.2, 0.25) is 0 Å². The Balaban J connectivity index is 2.17. The van der Waals surface area contributed by atoms with E-state index in [2.05, 4.69) is 26.0 Å². The van der Waals surface area contributed by atoms with Crippen LogP contribution in [0.5, 0.6) is 0 Å². The maximum atomic E-state index is 12.1. The van der Waals surface area contributed by atoms with Crippen LogP contribution in [0.15, 0.2) is 30.3 Å². The van der Waals surface area contributed by atoms with Gasteiger partial charge in [-0.05, 0) is 31.2 Å². The van der Waals surface area contributed by atoms with Crippen LogP contribution >= 0.6 is 0 Å². The first kappa shape index (κ1) is 20.7. The quantitative estimate of drug-likeness (QED) is 0.288. The summed E-state index contributed by atoms with van der Waals surface area (Å²) in [5.74, 6) is -0.0414. The van der Waals surface area contributed by atoms with Gasteiger partial charge in [0.05, 0.1) is 0 Å². The van der Waals surface area contributed by atoms with Crippen molar-refractivity contribution in [2.24, 2.45) is 0 Å². The van der Waals surface area contributed by atoms with Crippen molar-refractivity contribution >= 4 is 5.97 Å². The molecule has 0 amide bonds. The standard InChI is InChI=1S/C22H36O2/c1-3-5-6-7-8-9-13-17-21(14-4-2)24-22(23)19-18-20-15-11-10-12-16-20/h10-12,15-16,21H,3-9,13-14,17-19H2,1-2H3. The van der Waals surface area contributed by atoms with Crippen LogP contribution < -0.4 is 0 Å². The van der Waals surface area contributed by atoms with Gasteiger partial charge < -0.3 is 4.74 Å². The SMILES string of the molecule is CCCCCCCCCC(CCC)OC(=O)CCc1ccccc1. The Morgan fingerprint density at radius 2 is 1.54 bits per heavy atom. The molecule has 0 aliphatic carbocycles. The molecule has 0 saturated carbocycles. The maximum absolute atomic E-state index is 12.1. The number of esters is 1. The van der Waals surface area contributed by atoms with Crippen LogP contribution in [0.1, 0.15) is 90.0 Å². The molecule has 1 aromatic rings. The van der Waals surface area contributed by atoms with Crippen molar-refractivity contribution in [3.8, 4) is 0 Å². The van der Waals surface area contributed by atoms with Crippen LogP contribution in [0.3, 0.4) is 0 Å². The minimum atomic E-state index is -0.0414. The molecule has 0 spiro atoms. The average Bonchev–Trinajstić information content (AvgIpc) is 2.60. The van der Waals surface area contributed by atoms with Gasteiger partial charge in [-0.2, -0.15) is 0 Å². The van der Waals surface area contributed by atoms with Crippen molar-refractivity contribution in [1.29, 1.82) is 0 Å². The first-order valence-corrected chi connectivity index (χ1v) is 9.99. The van der Waals surface area contributed by atoms with E-state index in [4.69, 9.17) is 4.74 Å². The predicted octanol–water partition coefficient (Wildman–Crippen LogP) is 6.47. The van der Waals surface area contributed by atoms with Crippen molar-refractivity contribution in [2.45, 2.75) is 97.0 Å². The van der Waals surface area contributed by atoms with Gasteiger partial charge in [0.1, 0.15) is 6.10 Å². The molecule has 1 unspecified atom stereocenters. The summed E-state index contributed by atoms with van der Waals surface area (Å²) in [4.78, 5) is 12.1. The number of hydrogen-bond donors (Lipinski definition) is 0. The summed E-state index contributed by atoms with van der Waals surface area (Å²) in [7, 11) is 0. The molecule has 0 aliphatic heterocycles. The number of hydrogen-bond acceptors (Lipinski definition) is 2. The lowest BCUT2D eigenvalue weighted by molar-refractivity contribution is -0.149. The molecule has 136 valence electrons. The summed E-state index contributed by atoms with van der Waals surface area (Å²) in [6.07, 6.45) is 13.6. The van der Waals surface area contributed by atoms with Crippen molar-refractivity contribution in [1.82, 2.24) is 0 Å². The smallest absolute Gasteiger partial charge is 0.306 e. The zero-order valence-electron chi connectivity index (χ0n) is 15.8. The topological polar surface area (TPSA) is 26.3 Å². The second-order valence-electron chi connectivity index (χ2n) is 6.80. The summed E-state index contributed by atoms with van der Waals surface area (Å²) < 4.78 is 5.72. The Morgan fingerprint density at radius 3 is 2.21 bits per heavy atom. The summed E-state index contributed by atoms with van der Waals surface area (Å²) in [6, 6.07) is 10.2. The molecule has 2 heteroatoms. The van der Waals surface area contributed by atoms with E-state index >= 15 is 0 Å². The van der Waals surface area contributed by atoms with Crippen molar-refractivity contribution in [3.63, 3.8) is 0 Å². The van der Waals surface area contributed by atoms with Crippen molar-refractivity contribution in [3.05, 3.63) is 35.9 Å². The van der Waals surface area contributed by atoms with Crippen LogP contribution in [0.25, 0.3) is 0 Å². The second kappa shape index (κ2) is 14.1. The first-order valence-electron chi connectivity index (χ1n) is 9.99. The fourth-order valence-corrected chi connectivity index (χ4v) is 3.05. The lowest BCUT2D eigenvalue weighted by Gasteiger charge is -2.17. The lowest BCUT2D eigenvalue weighted by Crippen LogP contribution is -2.18. The highest BCUT2D eigenvalue weighted by atomic mass is 16.5. The summed E-state index contributed by atoms with van der Waals surface area (Å²) in [5, 5.41) is 0. The van der Waals surface area contributed by atoms with E-state index in [9.17, 15) is 4.79 Å².